The maximum atomic E-state index is 10.6. The Morgan fingerprint density at radius 1 is 1.56 bits per heavy atom. The largest absolute Gasteiger partial charge is 0.502 e. The summed E-state index contributed by atoms with van der Waals surface area (Å²) in [5.41, 5.74) is 10.8. The fourth-order valence-electron chi connectivity index (χ4n) is 1.15. The maximum absolute atomic E-state index is 10.6. The van der Waals surface area contributed by atoms with Crippen LogP contribution in [0.25, 0.3) is 0 Å². The Kier molecular flexibility index (Phi) is 5.66. The zero-order chi connectivity index (χ0) is 11.6. The summed E-state index contributed by atoms with van der Waals surface area (Å²) in [6.07, 6.45) is 0. The number of nitrogens with two attached hydrogens (primary N) is 2. The number of phenols is 1. The molecule has 0 aromatic heterocycles. The van der Waals surface area contributed by atoms with Gasteiger partial charge in [-0.1, -0.05) is 15.9 Å². The lowest BCUT2D eigenvalue weighted by Gasteiger charge is -2.11. The summed E-state index contributed by atoms with van der Waals surface area (Å²) in [6.45, 7) is 0.0984. The number of halogens is 2. The number of hydrogen-bond acceptors (Lipinski definition) is 5. The number of nitro groups is 1. The quantitative estimate of drug-likeness (QED) is 0.577. The van der Waals surface area contributed by atoms with Gasteiger partial charge in [-0.3, -0.25) is 10.1 Å². The van der Waals surface area contributed by atoms with E-state index in [9.17, 15) is 15.2 Å². The van der Waals surface area contributed by atoms with Crippen LogP contribution in [-0.2, 0) is 0 Å². The topological polar surface area (TPSA) is 115 Å². The number of phenolic OH excluding ortho intramolecular Hbond substituents is 1. The zero-order valence-corrected chi connectivity index (χ0v) is 10.5. The van der Waals surface area contributed by atoms with Gasteiger partial charge in [0.05, 0.1) is 4.92 Å². The lowest BCUT2D eigenvalue weighted by Crippen LogP contribution is -2.21. The van der Waals surface area contributed by atoms with Gasteiger partial charge in [-0.2, -0.15) is 0 Å². The van der Waals surface area contributed by atoms with E-state index in [2.05, 4.69) is 15.9 Å². The van der Waals surface area contributed by atoms with E-state index in [0.717, 1.165) is 0 Å². The number of benzene rings is 1. The van der Waals surface area contributed by atoms with Crippen LogP contribution in [0.15, 0.2) is 16.6 Å². The first-order chi connectivity index (χ1) is 6.97. The molecule has 1 atom stereocenters. The van der Waals surface area contributed by atoms with E-state index >= 15 is 0 Å². The highest BCUT2D eigenvalue weighted by atomic mass is 79.9. The van der Waals surface area contributed by atoms with Crippen LogP contribution in [0.2, 0.25) is 0 Å². The molecule has 1 aromatic rings. The molecule has 0 unspecified atom stereocenters. The van der Waals surface area contributed by atoms with E-state index in [-0.39, 0.29) is 30.2 Å². The Morgan fingerprint density at radius 2 is 2.12 bits per heavy atom. The summed E-state index contributed by atoms with van der Waals surface area (Å²) >= 11 is 3.10. The smallest absolute Gasteiger partial charge is 0.312 e. The normalized spacial score (nSPS) is 11.7. The van der Waals surface area contributed by atoms with Gasteiger partial charge in [0.15, 0.2) is 5.75 Å². The van der Waals surface area contributed by atoms with E-state index in [1.165, 1.54) is 12.1 Å². The third-order valence-electron chi connectivity index (χ3n) is 1.93. The number of rotatable bonds is 3. The van der Waals surface area contributed by atoms with Crippen LogP contribution in [0, 0.1) is 10.1 Å². The highest BCUT2D eigenvalue weighted by molar-refractivity contribution is 9.10. The minimum atomic E-state index is -0.674. The van der Waals surface area contributed by atoms with E-state index < -0.39 is 16.7 Å². The molecule has 0 heterocycles. The van der Waals surface area contributed by atoms with Gasteiger partial charge in [-0.15, -0.1) is 12.4 Å². The molecule has 0 saturated heterocycles. The van der Waals surface area contributed by atoms with Crippen molar-refractivity contribution in [1.82, 2.24) is 0 Å². The lowest BCUT2D eigenvalue weighted by atomic mass is 10.1. The van der Waals surface area contributed by atoms with Crippen LogP contribution < -0.4 is 11.5 Å². The molecule has 0 fully saturated rings. The average molecular weight is 313 g/mol. The monoisotopic (exact) mass is 311 g/mol. The first-order valence-corrected chi connectivity index (χ1v) is 4.89. The Morgan fingerprint density at radius 3 is 2.56 bits per heavy atom. The summed E-state index contributed by atoms with van der Waals surface area (Å²) in [5.74, 6) is -0.429. The van der Waals surface area contributed by atoms with E-state index in [0.29, 0.717) is 4.47 Å². The predicted molar refractivity (Wildman–Crippen MR) is 65.7 cm³/mol. The first kappa shape index (κ1) is 15.1. The van der Waals surface area contributed by atoms with Crippen molar-refractivity contribution in [2.45, 2.75) is 6.04 Å². The first-order valence-electron chi connectivity index (χ1n) is 4.09. The third-order valence-corrected chi connectivity index (χ3v) is 2.39. The molecule has 0 aliphatic carbocycles. The van der Waals surface area contributed by atoms with Gasteiger partial charge in [-0.05, 0) is 6.07 Å². The number of nitro benzene ring substituents is 1. The molecule has 0 spiro atoms. The summed E-state index contributed by atoms with van der Waals surface area (Å²) in [6, 6.07) is 2.10. The average Bonchev–Trinajstić information content (AvgIpc) is 2.19. The number of aromatic hydroxyl groups is 1. The Bertz CT molecular complexity index is 402. The Hall–Kier alpha value is -0.890. The van der Waals surface area contributed by atoms with Gasteiger partial charge in [0.1, 0.15) is 0 Å². The van der Waals surface area contributed by atoms with Gasteiger partial charge in [0.25, 0.3) is 0 Å². The van der Waals surface area contributed by atoms with Gasteiger partial charge in [0.2, 0.25) is 0 Å². The molecule has 0 saturated carbocycles. The van der Waals surface area contributed by atoms with Crippen LogP contribution in [-0.4, -0.2) is 16.6 Å². The molecule has 1 rings (SSSR count). The summed E-state index contributed by atoms with van der Waals surface area (Å²) in [5, 5.41) is 20.2. The predicted octanol–water partition coefficient (Wildman–Crippen LogP) is 1.44. The Balaban J connectivity index is 0.00000225. The molecule has 1 aromatic carbocycles. The standard InChI is InChI=1S/C8H10BrN3O3.ClH/c9-4-1-5(6(11)3-10)8(13)7(2-4)12(14)15;/h1-2,6,13H,3,10-11H2;1H/t6-;/m1./s1. The van der Waals surface area contributed by atoms with Crippen LogP contribution in [0.4, 0.5) is 5.69 Å². The van der Waals surface area contributed by atoms with E-state index in [1.807, 2.05) is 0 Å². The molecule has 5 N–H and O–H groups in total. The molecular formula is C8H11BrClN3O3. The maximum Gasteiger partial charge on any atom is 0.312 e. The van der Waals surface area contributed by atoms with Crippen molar-refractivity contribution in [2.24, 2.45) is 11.5 Å². The second-order valence-corrected chi connectivity index (χ2v) is 3.88. The van der Waals surface area contributed by atoms with Crippen LogP contribution >= 0.6 is 28.3 Å². The number of nitrogens with zero attached hydrogens (tertiary/aromatic N) is 1. The molecule has 0 bridgehead atoms. The number of hydrogen-bond donors (Lipinski definition) is 3. The molecule has 90 valence electrons. The van der Waals surface area contributed by atoms with Crippen molar-refractivity contribution < 1.29 is 10.0 Å². The van der Waals surface area contributed by atoms with Crippen molar-refractivity contribution >= 4 is 34.0 Å². The lowest BCUT2D eigenvalue weighted by molar-refractivity contribution is -0.386. The van der Waals surface area contributed by atoms with Crippen molar-refractivity contribution in [3.05, 3.63) is 32.3 Å². The molecule has 0 radical (unpaired) electrons. The van der Waals surface area contributed by atoms with E-state index in [4.69, 9.17) is 11.5 Å². The van der Waals surface area contributed by atoms with Crippen LogP contribution in [0.1, 0.15) is 11.6 Å². The minimum Gasteiger partial charge on any atom is -0.502 e. The van der Waals surface area contributed by atoms with Gasteiger partial charge in [0, 0.05) is 28.7 Å². The Labute approximate surface area is 106 Å². The minimum absolute atomic E-state index is 0. The van der Waals surface area contributed by atoms with Crippen molar-refractivity contribution in [2.75, 3.05) is 6.54 Å². The SMILES string of the molecule is Cl.NC[C@@H](N)c1cc(Br)cc([N+](=O)[O-])c1O. The second-order valence-electron chi connectivity index (χ2n) is 2.96. The van der Waals surface area contributed by atoms with Gasteiger partial charge in [-0.25, -0.2) is 0 Å². The highest BCUT2D eigenvalue weighted by Crippen LogP contribution is 2.35. The molecule has 0 aliphatic rings. The van der Waals surface area contributed by atoms with Crippen LogP contribution in [0.5, 0.6) is 5.75 Å². The van der Waals surface area contributed by atoms with Crippen LogP contribution in [0.3, 0.4) is 0 Å². The van der Waals surface area contributed by atoms with Gasteiger partial charge >= 0.3 is 5.69 Å². The molecule has 0 aliphatic heterocycles. The summed E-state index contributed by atoms with van der Waals surface area (Å²) < 4.78 is 0.478. The molecule has 0 amide bonds. The highest BCUT2D eigenvalue weighted by Gasteiger charge is 2.21. The second kappa shape index (κ2) is 6.00. The molecule has 16 heavy (non-hydrogen) atoms. The fourth-order valence-corrected chi connectivity index (χ4v) is 1.62. The van der Waals surface area contributed by atoms with Crippen molar-refractivity contribution in [3.8, 4) is 5.75 Å². The zero-order valence-electron chi connectivity index (χ0n) is 8.09. The summed E-state index contributed by atoms with van der Waals surface area (Å²) in [7, 11) is 0. The fraction of sp³-hybridized carbons (Fsp3) is 0.250. The van der Waals surface area contributed by atoms with Gasteiger partial charge < -0.3 is 16.6 Å². The molecular weight excluding hydrogens is 301 g/mol. The summed E-state index contributed by atoms with van der Waals surface area (Å²) in [4.78, 5) is 9.92. The van der Waals surface area contributed by atoms with Crippen molar-refractivity contribution in [1.29, 1.82) is 0 Å². The van der Waals surface area contributed by atoms with E-state index in [1.54, 1.807) is 0 Å². The van der Waals surface area contributed by atoms with Crippen molar-refractivity contribution in [3.63, 3.8) is 0 Å². The molecule has 8 heteroatoms. The third kappa shape index (κ3) is 3.05. The molecule has 6 nitrogen and oxygen atoms in total.